The van der Waals surface area contributed by atoms with E-state index in [0.717, 1.165) is 5.56 Å². The van der Waals surface area contributed by atoms with E-state index in [-0.39, 0.29) is 0 Å². The number of hydrogen-bond donors (Lipinski definition) is 1. The second-order valence-electron chi connectivity index (χ2n) is 4.07. The molecule has 0 amide bonds. The van der Waals surface area contributed by atoms with Gasteiger partial charge in [0.15, 0.2) is 5.79 Å². The lowest BCUT2D eigenvalue weighted by Crippen LogP contribution is -2.37. The van der Waals surface area contributed by atoms with Gasteiger partial charge in [0.05, 0.1) is 7.11 Å². The van der Waals surface area contributed by atoms with Gasteiger partial charge >= 0.3 is 5.97 Å². The van der Waals surface area contributed by atoms with Gasteiger partial charge < -0.3 is 19.9 Å². The van der Waals surface area contributed by atoms with Crippen LogP contribution in [0, 0.1) is 0 Å². The molecular formula is C13H20N2O4. The predicted molar refractivity (Wildman–Crippen MR) is 69.2 cm³/mol. The fraction of sp³-hybridized carbons (Fsp3) is 0.538. The standard InChI is InChI=1S/C13H20N2O4/c1-17-12(16)11(14)6-7-13(18-2,19-3)10-5-4-8-15-9-10/h4-5,8-9,11H,6-7,14H2,1-3H3/t11-/m0/s1. The molecule has 1 aromatic rings. The number of aromatic nitrogens is 1. The summed E-state index contributed by atoms with van der Waals surface area (Å²) < 4.78 is 15.5. The van der Waals surface area contributed by atoms with Crippen molar-refractivity contribution in [2.24, 2.45) is 5.73 Å². The summed E-state index contributed by atoms with van der Waals surface area (Å²) in [7, 11) is 4.39. The number of pyridine rings is 1. The average molecular weight is 268 g/mol. The van der Waals surface area contributed by atoms with Crippen molar-refractivity contribution in [2.75, 3.05) is 21.3 Å². The lowest BCUT2D eigenvalue weighted by Gasteiger charge is -2.31. The largest absolute Gasteiger partial charge is 0.468 e. The van der Waals surface area contributed by atoms with E-state index < -0.39 is 17.8 Å². The number of carbonyl (C=O) groups is 1. The zero-order valence-electron chi connectivity index (χ0n) is 11.5. The third-order valence-corrected chi connectivity index (χ3v) is 3.05. The first-order chi connectivity index (χ1) is 9.09. The van der Waals surface area contributed by atoms with Crippen LogP contribution in [0.5, 0.6) is 0 Å². The van der Waals surface area contributed by atoms with E-state index >= 15 is 0 Å². The minimum Gasteiger partial charge on any atom is -0.468 e. The Hall–Kier alpha value is -1.50. The Balaban J connectivity index is 2.81. The van der Waals surface area contributed by atoms with Crippen LogP contribution in [0.15, 0.2) is 24.5 Å². The summed E-state index contributed by atoms with van der Waals surface area (Å²) in [6.45, 7) is 0. The number of hydrogen-bond acceptors (Lipinski definition) is 6. The first-order valence-electron chi connectivity index (χ1n) is 5.94. The molecule has 0 unspecified atom stereocenters. The molecule has 2 N–H and O–H groups in total. The van der Waals surface area contributed by atoms with Crippen LogP contribution in [0.3, 0.4) is 0 Å². The first-order valence-corrected chi connectivity index (χ1v) is 5.94. The minimum absolute atomic E-state index is 0.378. The quantitative estimate of drug-likeness (QED) is 0.582. The summed E-state index contributed by atoms with van der Waals surface area (Å²) in [4.78, 5) is 15.3. The number of methoxy groups -OCH3 is 3. The zero-order chi connectivity index (χ0) is 14.3. The van der Waals surface area contributed by atoms with E-state index in [0.29, 0.717) is 12.8 Å². The fourth-order valence-electron chi connectivity index (χ4n) is 1.87. The van der Waals surface area contributed by atoms with Crippen LogP contribution < -0.4 is 5.73 Å². The number of rotatable bonds is 7. The Kier molecular flexibility index (Phi) is 5.88. The molecule has 0 fully saturated rings. The molecule has 0 spiro atoms. The van der Waals surface area contributed by atoms with E-state index in [1.807, 2.05) is 6.07 Å². The third-order valence-electron chi connectivity index (χ3n) is 3.05. The highest BCUT2D eigenvalue weighted by Gasteiger charge is 2.33. The Morgan fingerprint density at radius 3 is 2.58 bits per heavy atom. The van der Waals surface area contributed by atoms with Gasteiger partial charge in [-0.2, -0.15) is 0 Å². The van der Waals surface area contributed by atoms with Crippen molar-refractivity contribution in [2.45, 2.75) is 24.7 Å². The van der Waals surface area contributed by atoms with E-state index in [4.69, 9.17) is 15.2 Å². The Morgan fingerprint density at radius 2 is 2.11 bits per heavy atom. The van der Waals surface area contributed by atoms with Crippen molar-refractivity contribution in [3.8, 4) is 0 Å². The van der Waals surface area contributed by atoms with E-state index in [1.54, 1.807) is 32.7 Å². The van der Waals surface area contributed by atoms with Crippen LogP contribution in [0.2, 0.25) is 0 Å². The molecule has 6 nitrogen and oxygen atoms in total. The monoisotopic (exact) mass is 268 g/mol. The average Bonchev–Trinajstić information content (AvgIpc) is 2.48. The van der Waals surface area contributed by atoms with Gasteiger partial charge in [0.2, 0.25) is 0 Å². The van der Waals surface area contributed by atoms with E-state index in [2.05, 4.69) is 9.72 Å². The molecule has 106 valence electrons. The molecule has 0 saturated heterocycles. The van der Waals surface area contributed by atoms with Crippen LogP contribution in [-0.4, -0.2) is 38.3 Å². The van der Waals surface area contributed by atoms with Gasteiger partial charge in [0, 0.05) is 38.6 Å². The predicted octanol–water partition coefficient (Wildman–Crippen LogP) is 0.808. The van der Waals surface area contributed by atoms with Crippen LogP contribution in [-0.2, 0) is 24.8 Å². The molecule has 1 aromatic heterocycles. The maximum absolute atomic E-state index is 11.3. The molecule has 0 aliphatic carbocycles. The Bertz CT molecular complexity index is 393. The summed E-state index contributed by atoms with van der Waals surface area (Å²) in [6, 6.07) is 2.94. The SMILES string of the molecule is COC(=O)[C@@H](N)CCC(OC)(OC)c1cccnc1. The number of nitrogens with zero attached hydrogens (tertiary/aromatic N) is 1. The van der Waals surface area contributed by atoms with Crippen LogP contribution in [0.4, 0.5) is 0 Å². The highest BCUT2D eigenvalue weighted by atomic mass is 16.7. The molecule has 0 aliphatic heterocycles. The van der Waals surface area contributed by atoms with Crippen molar-refractivity contribution in [1.29, 1.82) is 0 Å². The fourth-order valence-corrected chi connectivity index (χ4v) is 1.87. The van der Waals surface area contributed by atoms with Crippen molar-refractivity contribution < 1.29 is 19.0 Å². The normalized spacial score (nSPS) is 13.1. The van der Waals surface area contributed by atoms with Crippen molar-refractivity contribution >= 4 is 5.97 Å². The number of ether oxygens (including phenoxy) is 3. The van der Waals surface area contributed by atoms with Gasteiger partial charge in [-0.05, 0) is 12.5 Å². The minimum atomic E-state index is -0.958. The molecule has 0 aliphatic rings. The van der Waals surface area contributed by atoms with E-state index in [1.165, 1.54) is 7.11 Å². The van der Waals surface area contributed by atoms with Gasteiger partial charge in [-0.3, -0.25) is 9.78 Å². The smallest absolute Gasteiger partial charge is 0.322 e. The van der Waals surface area contributed by atoms with Crippen LogP contribution in [0.1, 0.15) is 18.4 Å². The van der Waals surface area contributed by atoms with Crippen molar-refractivity contribution in [1.82, 2.24) is 4.98 Å². The molecular weight excluding hydrogens is 248 g/mol. The maximum atomic E-state index is 11.3. The molecule has 6 heteroatoms. The highest BCUT2D eigenvalue weighted by molar-refractivity contribution is 5.75. The molecule has 1 atom stereocenters. The third kappa shape index (κ3) is 3.73. The summed E-state index contributed by atoms with van der Waals surface area (Å²) in [5.41, 5.74) is 6.50. The van der Waals surface area contributed by atoms with Gasteiger partial charge in [-0.25, -0.2) is 0 Å². The molecule has 1 heterocycles. The van der Waals surface area contributed by atoms with Crippen LogP contribution >= 0.6 is 0 Å². The topological polar surface area (TPSA) is 83.7 Å². The molecule has 0 radical (unpaired) electrons. The van der Waals surface area contributed by atoms with Crippen molar-refractivity contribution in [3.05, 3.63) is 30.1 Å². The summed E-state index contributed by atoms with van der Waals surface area (Å²) >= 11 is 0. The van der Waals surface area contributed by atoms with Crippen molar-refractivity contribution in [3.63, 3.8) is 0 Å². The second-order valence-corrected chi connectivity index (χ2v) is 4.07. The van der Waals surface area contributed by atoms with E-state index in [9.17, 15) is 4.79 Å². The molecule has 0 saturated carbocycles. The van der Waals surface area contributed by atoms with Crippen LogP contribution in [0.25, 0.3) is 0 Å². The van der Waals surface area contributed by atoms with Gasteiger partial charge in [-0.1, -0.05) is 6.07 Å². The molecule has 0 bridgehead atoms. The van der Waals surface area contributed by atoms with Gasteiger partial charge in [-0.15, -0.1) is 0 Å². The highest BCUT2D eigenvalue weighted by Crippen LogP contribution is 2.31. The number of nitrogens with two attached hydrogens (primary N) is 1. The first kappa shape index (κ1) is 15.6. The zero-order valence-corrected chi connectivity index (χ0v) is 11.5. The summed E-state index contributed by atoms with van der Waals surface area (Å²) in [5.74, 6) is -1.41. The summed E-state index contributed by atoms with van der Waals surface area (Å²) in [6.07, 6.45) is 4.13. The Morgan fingerprint density at radius 1 is 1.42 bits per heavy atom. The number of carbonyl (C=O) groups excluding carboxylic acids is 1. The Labute approximate surface area is 112 Å². The van der Waals surface area contributed by atoms with Gasteiger partial charge in [0.1, 0.15) is 6.04 Å². The van der Waals surface area contributed by atoms with Gasteiger partial charge in [0.25, 0.3) is 0 Å². The molecule has 19 heavy (non-hydrogen) atoms. The lowest BCUT2D eigenvalue weighted by molar-refractivity contribution is -0.221. The molecule has 0 aromatic carbocycles. The second kappa shape index (κ2) is 7.18. The lowest BCUT2D eigenvalue weighted by atomic mass is 9.99. The maximum Gasteiger partial charge on any atom is 0.322 e. The summed E-state index contributed by atoms with van der Waals surface area (Å²) in [5, 5.41) is 0. The molecule has 1 rings (SSSR count). The number of esters is 1.